The number of hydrogen-bond donors (Lipinski definition) is 1. The molecule has 0 bridgehead atoms. The summed E-state index contributed by atoms with van der Waals surface area (Å²) in [5.74, 6) is -1.60. The Labute approximate surface area is 227 Å². The Morgan fingerprint density at radius 2 is 1.87 bits per heavy atom. The van der Waals surface area contributed by atoms with Crippen LogP contribution in [0.15, 0.2) is 93.0 Å². The Morgan fingerprint density at radius 3 is 2.61 bits per heavy atom. The highest BCUT2D eigenvalue weighted by atomic mass is 79.9. The third kappa shape index (κ3) is 5.09. The molecular formula is C30H25BrFNO5. The van der Waals surface area contributed by atoms with E-state index in [0.717, 1.165) is 10.0 Å². The van der Waals surface area contributed by atoms with Crippen LogP contribution in [0.2, 0.25) is 0 Å². The van der Waals surface area contributed by atoms with Crippen molar-refractivity contribution >= 4 is 38.6 Å². The van der Waals surface area contributed by atoms with Gasteiger partial charge in [0.15, 0.2) is 11.5 Å². The lowest BCUT2D eigenvalue weighted by Crippen LogP contribution is -2.33. The summed E-state index contributed by atoms with van der Waals surface area (Å²) in [5, 5.41) is 11.7. The number of aliphatic hydroxyl groups excluding tert-OH is 1. The first-order valence-electron chi connectivity index (χ1n) is 12.2. The Bertz CT molecular complexity index is 1560. The Balaban J connectivity index is 1.54. The van der Waals surface area contributed by atoms with Gasteiger partial charge in [-0.2, -0.15) is 0 Å². The molecule has 1 atom stereocenters. The van der Waals surface area contributed by atoms with Crippen LogP contribution in [0.3, 0.4) is 0 Å². The molecule has 0 spiro atoms. The van der Waals surface area contributed by atoms with Crippen LogP contribution in [0.1, 0.15) is 41.6 Å². The van der Waals surface area contributed by atoms with Gasteiger partial charge in [0, 0.05) is 16.4 Å². The van der Waals surface area contributed by atoms with Gasteiger partial charge in [-0.25, -0.2) is 4.39 Å². The normalized spacial score (nSPS) is 15.7. The van der Waals surface area contributed by atoms with Crippen molar-refractivity contribution in [2.24, 2.45) is 0 Å². The number of nitrogens with zero attached hydrogens (tertiary/aromatic N) is 1. The van der Waals surface area contributed by atoms with E-state index in [1.807, 2.05) is 19.9 Å². The number of hydrogen-bond acceptors (Lipinski definition) is 5. The van der Waals surface area contributed by atoms with Crippen LogP contribution in [-0.2, 0) is 11.2 Å². The van der Waals surface area contributed by atoms with Gasteiger partial charge in [0.1, 0.15) is 17.1 Å². The van der Waals surface area contributed by atoms with Crippen molar-refractivity contribution in [3.8, 4) is 5.75 Å². The van der Waals surface area contributed by atoms with Gasteiger partial charge in [-0.05, 0) is 79.9 Å². The summed E-state index contributed by atoms with van der Waals surface area (Å²) in [6.07, 6.45) is 0.322. The summed E-state index contributed by atoms with van der Waals surface area (Å²) in [6.45, 7) is 4.00. The molecule has 2 heterocycles. The second kappa shape index (κ2) is 10.5. The van der Waals surface area contributed by atoms with Gasteiger partial charge in [0.25, 0.3) is 5.91 Å². The minimum atomic E-state index is -0.869. The van der Waals surface area contributed by atoms with Crippen LogP contribution in [0.4, 0.5) is 4.39 Å². The second-order valence-electron chi connectivity index (χ2n) is 9.40. The topological polar surface area (TPSA) is 80.0 Å². The maximum atomic E-state index is 13.8. The second-order valence-corrected chi connectivity index (χ2v) is 10.3. The highest BCUT2D eigenvalue weighted by Gasteiger charge is 2.44. The monoisotopic (exact) mass is 577 g/mol. The molecule has 1 unspecified atom stereocenters. The fraction of sp³-hybridized carbons (Fsp3) is 0.200. The molecular weight excluding hydrogens is 553 g/mol. The largest absolute Gasteiger partial charge is 0.503 e. The standard InChI is InChI=1S/C30H25BrFNO5/c1-17(2)37-23-5-3-4-19(15-23)27-26(28(34)25-16-20-14-21(31)8-11-24(20)38-25)29(35)30(36)33(27)13-12-18-6-9-22(32)10-7-18/h3-11,14-17,27,35H,12-13H2,1-2H3. The van der Waals surface area contributed by atoms with Crippen molar-refractivity contribution in [2.45, 2.75) is 32.4 Å². The summed E-state index contributed by atoms with van der Waals surface area (Å²) in [5.41, 5.74) is 1.88. The van der Waals surface area contributed by atoms with Crippen molar-refractivity contribution in [2.75, 3.05) is 6.54 Å². The molecule has 3 aromatic carbocycles. The Morgan fingerprint density at radius 1 is 1.11 bits per heavy atom. The molecule has 8 heteroatoms. The van der Waals surface area contributed by atoms with E-state index < -0.39 is 23.5 Å². The van der Waals surface area contributed by atoms with E-state index in [0.29, 0.717) is 28.7 Å². The summed E-state index contributed by atoms with van der Waals surface area (Å²) >= 11 is 3.41. The average molecular weight is 578 g/mol. The third-order valence-corrected chi connectivity index (χ3v) is 6.84. The van der Waals surface area contributed by atoms with E-state index >= 15 is 0 Å². The van der Waals surface area contributed by atoms with Crippen molar-refractivity contribution < 1.29 is 28.2 Å². The van der Waals surface area contributed by atoms with Crippen LogP contribution >= 0.6 is 15.9 Å². The number of benzene rings is 3. The zero-order valence-electron chi connectivity index (χ0n) is 20.8. The number of amides is 1. The van der Waals surface area contributed by atoms with Crippen LogP contribution in [0.5, 0.6) is 5.75 Å². The molecule has 0 radical (unpaired) electrons. The Hall–Kier alpha value is -3.91. The molecule has 1 aliphatic heterocycles. The van der Waals surface area contributed by atoms with Gasteiger partial charge in [0.2, 0.25) is 5.78 Å². The van der Waals surface area contributed by atoms with Crippen LogP contribution in [0.25, 0.3) is 11.0 Å². The maximum absolute atomic E-state index is 13.8. The van der Waals surface area contributed by atoms with Crippen molar-refractivity contribution in [3.63, 3.8) is 0 Å². The Kier molecular flexibility index (Phi) is 7.08. The molecule has 1 aliphatic rings. The predicted octanol–water partition coefficient (Wildman–Crippen LogP) is 6.94. The first-order chi connectivity index (χ1) is 18.2. The first kappa shape index (κ1) is 25.7. The number of ketones is 1. The number of furan rings is 1. The number of fused-ring (bicyclic) bond motifs is 1. The van der Waals surface area contributed by atoms with Crippen LogP contribution < -0.4 is 4.74 Å². The summed E-state index contributed by atoms with van der Waals surface area (Å²) < 4.78 is 25.9. The molecule has 38 heavy (non-hydrogen) atoms. The molecule has 0 fully saturated rings. The smallest absolute Gasteiger partial charge is 0.290 e. The number of carbonyl (C=O) groups excluding carboxylic acids is 2. The summed E-state index contributed by atoms with van der Waals surface area (Å²) in [4.78, 5) is 28.6. The summed E-state index contributed by atoms with van der Waals surface area (Å²) in [6, 6.07) is 19.2. The number of ether oxygens (including phenoxy) is 1. The lowest BCUT2D eigenvalue weighted by Gasteiger charge is -2.27. The first-order valence-corrected chi connectivity index (χ1v) is 13.0. The molecule has 1 aromatic heterocycles. The van der Waals surface area contributed by atoms with Gasteiger partial charge < -0.3 is 19.2 Å². The van der Waals surface area contributed by atoms with Gasteiger partial charge in [-0.15, -0.1) is 0 Å². The van der Waals surface area contributed by atoms with E-state index in [-0.39, 0.29) is 29.8 Å². The number of Topliss-reactive ketones (excluding diaryl/α,β-unsaturated/α-hetero) is 1. The van der Waals surface area contributed by atoms with Crippen LogP contribution in [-0.4, -0.2) is 34.3 Å². The molecule has 0 saturated carbocycles. The van der Waals surface area contributed by atoms with E-state index in [4.69, 9.17) is 9.15 Å². The van der Waals surface area contributed by atoms with Crippen molar-refractivity contribution in [1.29, 1.82) is 0 Å². The number of halogens is 2. The molecule has 0 saturated heterocycles. The fourth-order valence-electron chi connectivity index (χ4n) is 4.65. The third-order valence-electron chi connectivity index (χ3n) is 6.35. The number of carbonyl (C=O) groups is 2. The van der Waals surface area contributed by atoms with E-state index in [1.54, 1.807) is 54.6 Å². The lowest BCUT2D eigenvalue weighted by molar-refractivity contribution is -0.129. The summed E-state index contributed by atoms with van der Waals surface area (Å²) in [7, 11) is 0. The molecule has 4 aromatic rings. The average Bonchev–Trinajstić information content (AvgIpc) is 3.41. The van der Waals surface area contributed by atoms with Gasteiger partial charge >= 0.3 is 0 Å². The maximum Gasteiger partial charge on any atom is 0.290 e. The highest BCUT2D eigenvalue weighted by Crippen LogP contribution is 2.40. The lowest BCUT2D eigenvalue weighted by atomic mass is 9.94. The minimum Gasteiger partial charge on any atom is -0.503 e. The molecule has 0 aliphatic carbocycles. The molecule has 194 valence electrons. The van der Waals surface area contributed by atoms with Gasteiger partial charge in [-0.3, -0.25) is 9.59 Å². The van der Waals surface area contributed by atoms with E-state index in [2.05, 4.69) is 15.9 Å². The fourth-order valence-corrected chi connectivity index (χ4v) is 5.03. The SMILES string of the molecule is CC(C)Oc1cccc(C2C(C(=O)c3cc4cc(Br)ccc4o3)=C(O)C(=O)N2CCc2ccc(F)cc2)c1. The molecule has 5 rings (SSSR count). The van der Waals surface area contributed by atoms with E-state index in [9.17, 15) is 19.1 Å². The van der Waals surface area contributed by atoms with Gasteiger partial charge in [0.05, 0.1) is 17.7 Å². The molecule has 6 nitrogen and oxygen atoms in total. The molecule has 1 N–H and O–H groups in total. The van der Waals surface area contributed by atoms with E-state index in [1.165, 1.54) is 17.0 Å². The van der Waals surface area contributed by atoms with Crippen LogP contribution in [0, 0.1) is 5.82 Å². The number of aliphatic hydroxyl groups is 1. The van der Waals surface area contributed by atoms with Crippen molar-refractivity contribution in [3.05, 3.63) is 111 Å². The predicted molar refractivity (Wildman–Crippen MR) is 145 cm³/mol. The van der Waals surface area contributed by atoms with Gasteiger partial charge in [-0.1, -0.05) is 40.2 Å². The highest BCUT2D eigenvalue weighted by molar-refractivity contribution is 9.10. The van der Waals surface area contributed by atoms with Crippen molar-refractivity contribution in [1.82, 2.24) is 4.90 Å². The zero-order valence-corrected chi connectivity index (χ0v) is 22.4. The zero-order chi connectivity index (χ0) is 27.0. The quantitative estimate of drug-likeness (QED) is 0.229. The minimum absolute atomic E-state index is 0.0208. The molecule has 1 amide bonds. The number of rotatable bonds is 8.